The van der Waals surface area contributed by atoms with Gasteiger partial charge >= 0.3 is 0 Å². The molecule has 2 aromatic carbocycles. The van der Waals surface area contributed by atoms with E-state index in [2.05, 4.69) is 55.4 Å². The molecule has 1 atom stereocenters. The highest BCUT2D eigenvalue weighted by Crippen LogP contribution is 2.26. The Bertz CT molecular complexity index is 560. The fourth-order valence-electron chi connectivity index (χ4n) is 2.00. The third-order valence-corrected chi connectivity index (χ3v) is 4.20. The van der Waals surface area contributed by atoms with Crippen LogP contribution in [0.15, 0.2) is 57.5 Å². The Hall–Kier alpha value is -0.680. The second kappa shape index (κ2) is 7.93. The zero-order valence-electron chi connectivity index (χ0n) is 11.3. The Morgan fingerprint density at radius 3 is 2.60 bits per heavy atom. The molecule has 0 amide bonds. The third kappa shape index (κ3) is 4.42. The number of ether oxygens (including phenoxy) is 1. The second-order valence-electron chi connectivity index (χ2n) is 4.51. The van der Waals surface area contributed by atoms with Crippen molar-refractivity contribution in [2.75, 3.05) is 13.6 Å². The van der Waals surface area contributed by atoms with Crippen molar-refractivity contribution < 1.29 is 4.74 Å². The summed E-state index contributed by atoms with van der Waals surface area (Å²) in [4.78, 5) is 0. The first kappa shape index (κ1) is 15.7. The normalized spacial score (nSPS) is 12.3. The molecule has 0 aliphatic carbocycles. The number of nitrogens with one attached hydrogen (secondary N) is 1. The lowest BCUT2D eigenvalue weighted by atomic mass is 10.1. The van der Waals surface area contributed by atoms with E-state index in [4.69, 9.17) is 4.74 Å². The summed E-state index contributed by atoms with van der Waals surface area (Å²) in [7, 11) is 1.94. The van der Waals surface area contributed by atoms with E-state index in [9.17, 15) is 0 Å². The first-order valence-corrected chi connectivity index (χ1v) is 8.04. The first-order chi connectivity index (χ1) is 9.70. The van der Waals surface area contributed by atoms with Crippen molar-refractivity contribution >= 4 is 31.9 Å². The zero-order valence-corrected chi connectivity index (χ0v) is 14.4. The molecule has 0 aliphatic rings. The Balaban J connectivity index is 2.08. The molecule has 2 rings (SSSR count). The van der Waals surface area contributed by atoms with Crippen LogP contribution in [0.1, 0.15) is 17.2 Å². The summed E-state index contributed by atoms with van der Waals surface area (Å²) >= 11 is 7.07. The van der Waals surface area contributed by atoms with Gasteiger partial charge in [-0.05, 0) is 36.4 Å². The summed E-state index contributed by atoms with van der Waals surface area (Å²) in [5, 5.41) is 3.19. The maximum absolute atomic E-state index is 6.08. The van der Waals surface area contributed by atoms with Crippen LogP contribution in [0.3, 0.4) is 0 Å². The van der Waals surface area contributed by atoms with Gasteiger partial charge in [-0.3, -0.25) is 0 Å². The van der Waals surface area contributed by atoms with Gasteiger partial charge in [0.1, 0.15) is 0 Å². The van der Waals surface area contributed by atoms with Crippen LogP contribution in [0.2, 0.25) is 0 Å². The number of likely N-dealkylation sites (N-methyl/N-ethyl adjacent to an activating group) is 1. The van der Waals surface area contributed by atoms with Gasteiger partial charge < -0.3 is 10.1 Å². The molecule has 0 aromatic heterocycles. The van der Waals surface area contributed by atoms with Gasteiger partial charge in [0.15, 0.2) is 0 Å². The lowest BCUT2D eigenvalue weighted by Gasteiger charge is -2.19. The largest absolute Gasteiger partial charge is 0.367 e. The Morgan fingerprint density at radius 1 is 1.10 bits per heavy atom. The molecular formula is C16H17Br2NO. The summed E-state index contributed by atoms with van der Waals surface area (Å²) in [6, 6.07) is 16.4. The quantitative estimate of drug-likeness (QED) is 0.762. The lowest BCUT2D eigenvalue weighted by Crippen LogP contribution is -2.20. The first-order valence-electron chi connectivity index (χ1n) is 6.46. The van der Waals surface area contributed by atoms with Crippen LogP contribution in [0.4, 0.5) is 0 Å². The lowest BCUT2D eigenvalue weighted by molar-refractivity contribution is 0.0406. The predicted octanol–water partition coefficient (Wildman–Crippen LogP) is 4.69. The highest BCUT2D eigenvalue weighted by atomic mass is 79.9. The summed E-state index contributed by atoms with van der Waals surface area (Å²) in [5.41, 5.74) is 2.32. The summed E-state index contributed by atoms with van der Waals surface area (Å²) in [5.74, 6) is 0. The molecule has 0 radical (unpaired) electrons. The Morgan fingerprint density at radius 2 is 1.90 bits per heavy atom. The molecule has 0 saturated carbocycles. The van der Waals surface area contributed by atoms with Gasteiger partial charge in [-0.25, -0.2) is 0 Å². The minimum absolute atomic E-state index is 0.0227. The Kier molecular flexibility index (Phi) is 6.23. The van der Waals surface area contributed by atoms with Gasteiger partial charge in [-0.2, -0.15) is 0 Å². The highest BCUT2D eigenvalue weighted by molar-refractivity contribution is 9.10. The van der Waals surface area contributed by atoms with E-state index in [1.807, 2.05) is 37.4 Å². The maximum atomic E-state index is 6.08. The molecule has 0 fully saturated rings. The van der Waals surface area contributed by atoms with E-state index in [-0.39, 0.29) is 6.10 Å². The van der Waals surface area contributed by atoms with Crippen molar-refractivity contribution in [1.82, 2.24) is 5.32 Å². The fourth-order valence-corrected chi connectivity index (χ4v) is 2.99. The van der Waals surface area contributed by atoms with E-state index in [0.29, 0.717) is 6.61 Å². The van der Waals surface area contributed by atoms with Gasteiger partial charge in [-0.15, -0.1) is 0 Å². The van der Waals surface area contributed by atoms with Crippen LogP contribution < -0.4 is 5.32 Å². The molecule has 1 unspecified atom stereocenters. The van der Waals surface area contributed by atoms with Crippen molar-refractivity contribution in [3.05, 3.63) is 68.6 Å². The number of rotatable bonds is 6. The van der Waals surface area contributed by atoms with Crippen LogP contribution >= 0.6 is 31.9 Å². The molecule has 2 aromatic rings. The average Bonchev–Trinajstić information content (AvgIpc) is 2.44. The topological polar surface area (TPSA) is 21.3 Å². The summed E-state index contributed by atoms with van der Waals surface area (Å²) < 4.78 is 8.23. The summed E-state index contributed by atoms with van der Waals surface area (Å²) in [6.07, 6.45) is 0.0227. The molecule has 4 heteroatoms. The van der Waals surface area contributed by atoms with E-state index in [1.165, 1.54) is 0 Å². The maximum Gasteiger partial charge on any atom is 0.0964 e. The number of benzene rings is 2. The molecule has 0 saturated heterocycles. The minimum Gasteiger partial charge on any atom is -0.367 e. The monoisotopic (exact) mass is 397 g/mol. The van der Waals surface area contributed by atoms with Gasteiger partial charge in [0.2, 0.25) is 0 Å². The van der Waals surface area contributed by atoms with Gasteiger partial charge in [0.05, 0.1) is 12.7 Å². The third-order valence-electron chi connectivity index (χ3n) is 2.98. The predicted molar refractivity (Wildman–Crippen MR) is 89.7 cm³/mol. The SMILES string of the molecule is CNCC(OCc1cccc(Br)c1)c1ccccc1Br. The van der Waals surface area contributed by atoms with Gasteiger partial charge in [0.25, 0.3) is 0 Å². The minimum atomic E-state index is 0.0227. The van der Waals surface area contributed by atoms with Crippen molar-refractivity contribution in [3.8, 4) is 0 Å². The van der Waals surface area contributed by atoms with Crippen LogP contribution in [-0.2, 0) is 11.3 Å². The standard InChI is InChI=1S/C16H17Br2NO/c1-19-10-16(14-7-2-3-8-15(14)18)20-11-12-5-4-6-13(17)9-12/h2-9,16,19H,10-11H2,1H3. The molecule has 0 bridgehead atoms. The molecule has 20 heavy (non-hydrogen) atoms. The van der Waals surface area contributed by atoms with Crippen LogP contribution in [0.5, 0.6) is 0 Å². The Labute approximate surface area is 136 Å². The number of hydrogen-bond donors (Lipinski definition) is 1. The average molecular weight is 399 g/mol. The smallest absolute Gasteiger partial charge is 0.0964 e. The number of hydrogen-bond acceptors (Lipinski definition) is 2. The summed E-state index contributed by atoms with van der Waals surface area (Å²) in [6.45, 7) is 1.36. The fraction of sp³-hybridized carbons (Fsp3) is 0.250. The molecule has 106 valence electrons. The highest BCUT2D eigenvalue weighted by Gasteiger charge is 2.14. The molecule has 1 N–H and O–H groups in total. The van der Waals surface area contributed by atoms with E-state index < -0.39 is 0 Å². The molecule has 2 nitrogen and oxygen atoms in total. The van der Waals surface area contributed by atoms with E-state index >= 15 is 0 Å². The van der Waals surface area contributed by atoms with Crippen molar-refractivity contribution in [1.29, 1.82) is 0 Å². The van der Waals surface area contributed by atoms with Gasteiger partial charge in [-0.1, -0.05) is 62.2 Å². The van der Waals surface area contributed by atoms with Crippen LogP contribution in [0, 0.1) is 0 Å². The van der Waals surface area contributed by atoms with Crippen LogP contribution in [0.25, 0.3) is 0 Å². The van der Waals surface area contributed by atoms with Crippen molar-refractivity contribution in [3.63, 3.8) is 0 Å². The van der Waals surface area contributed by atoms with E-state index in [1.54, 1.807) is 0 Å². The van der Waals surface area contributed by atoms with E-state index in [0.717, 1.165) is 26.6 Å². The van der Waals surface area contributed by atoms with Crippen molar-refractivity contribution in [2.45, 2.75) is 12.7 Å². The second-order valence-corrected chi connectivity index (χ2v) is 6.28. The molecular weight excluding hydrogens is 382 g/mol. The molecule has 0 aliphatic heterocycles. The zero-order chi connectivity index (χ0) is 14.4. The molecule has 0 heterocycles. The molecule has 0 spiro atoms. The van der Waals surface area contributed by atoms with Crippen molar-refractivity contribution in [2.24, 2.45) is 0 Å². The van der Waals surface area contributed by atoms with Crippen LogP contribution in [-0.4, -0.2) is 13.6 Å². The number of halogens is 2. The van der Waals surface area contributed by atoms with Gasteiger partial charge in [0, 0.05) is 15.5 Å².